The largest absolute Gasteiger partial charge is 0.334 e. The van der Waals surface area contributed by atoms with Crippen LogP contribution in [0.25, 0.3) is 0 Å². The van der Waals surface area contributed by atoms with Crippen LogP contribution in [0.4, 0.5) is 0 Å². The van der Waals surface area contributed by atoms with Gasteiger partial charge in [0.1, 0.15) is 5.82 Å². The SMILES string of the molecule is CC(=O)N1CCCC1c1nc(C)ncc1CNS(C)(=O)=O. The molecule has 7 nitrogen and oxygen atoms in total. The molecule has 1 unspecified atom stereocenters. The average Bonchev–Trinajstić information content (AvgIpc) is 2.85. The Morgan fingerprint density at radius 3 is 2.86 bits per heavy atom. The maximum absolute atomic E-state index is 11.7. The molecule has 0 radical (unpaired) electrons. The lowest BCUT2D eigenvalue weighted by Crippen LogP contribution is -2.30. The first-order valence-corrected chi connectivity index (χ1v) is 8.71. The van der Waals surface area contributed by atoms with E-state index in [2.05, 4.69) is 14.7 Å². The Kier molecular flexibility index (Phi) is 4.58. The highest BCUT2D eigenvalue weighted by atomic mass is 32.2. The molecule has 2 heterocycles. The van der Waals surface area contributed by atoms with Crippen molar-refractivity contribution in [1.29, 1.82) is 0 Å². The maximum Gasteiger partial charge on any atom is 0.220 e. The van der Waals surface area contributed by atoms with Crippen LogP contribution in [-0.2, 0) is 21.4 Å². The first-order chi connectivity index (χ1) is 9.78. The van der Waals surface area contributed by atoms with Gasteiger partial charge in [0.15, 0.2) is 0 Å². The summed E-state index contributed by atoms with van der Waals surface area (Å²) in [6.07, 6.45) is 4.50. The lowest BCUT2D eigenvalue weighted by molar-refractivity contribution is -0.129. The van der Waals surface area contributed by atoms with E-state index < -0.39 is 10.0 Å². The zero-order chi connectivity index (χ0) is 15.6. The zero-order valence-electron chi connectivity index (χ0n) is 12.5. The maximum atomic E-state index is 11.7. The first-order valence-electron chi connectivity index (χ1n) is 6.82. The topological polar surface area (TPSA) is 92.3 Å². The molecule has 1 atom stereocenters. The van der Waals surface area contributed by atoms with Crippen molar-refractivity contribution in [3.05, 3.63) is 23.3 Å². The number of sulfonamides is 1. The number of nitrogens with one attached hydrogen (secondary N) is 1. The Bertz CT molecular complexity index is 645. The predicted octanol–water partition coefficient (Wildman–Crippen LogP) is 0.518. The number of likely N-dealkylation sites (tertiary alicyclic amines) is 1. The van der Waals surface area contributed by atoms with E-state index in [1.54, 1.807) is 24.9 Å². The smallest absolute Gasteiger partial charge is 0.220 e. The van der Waals surface area contributed by atoms with Gasteiger partial charge in [0.05, 0.1) is 18.0 Å². The number of aryl methyl sites for hydroxylation is 1. The number of amides is 1. The first kappa shape index (κ1) is 15.8. The highest BCUT2D eigenvalue weighted by Gasteiger charge is 2.31. The minimum atomic E-state index is -3.29. The Hall–Kier alpha value is -1.54. The second-order valence-electron chi connectivity index (χ2n) is 5.29. The van der Waals surface area contributed by atoms with Crippen molar-refractivity contribution in [2.45, 2.75) is 39.3 Å². The van der Waals surface area contributed by atoms with Crippen molar-refractivity contribution in [2.24, 2.45) is 0 Å². The number of hydrogen-bond acceptors (Lipinski definition) is 5. The molecule has 0 aromatic carbocycles. The van der Waals surface area contributed by atoms with E-state index in [0.717, 1.165) is 24.8 Å². The van der Waals surface area contributed by atoms with E-state index in [0.29, 0.717) is 17.9 Å². The summed E-state index contributed by atoms with van der Waals surface area (Å²) in [5, 5.41) is 0. The molecule has 0 saturated carbocycles. The van der Waals surface area contributed by atoms with Crippen molar-refractivity contribution in [2.75, 3.05) is 12.8 Å². The normalized spacial score (nSPS) is 19.0. The summed E-state index contributed by atoms with van der Waals surface area (Å²) < 4.78 is 25.0. The summed E-state index contributed by atoms with van der Waals surface area (Å²) in [5.74, 6) is 0.624. The lowest BCUT2D eigenvalue weighted by atomic mass is 10.1. The van der Waals surface area contributed by atoms with E-state index >= 15 is 0 Å². The van der Waals surface area contributed by atoms with Crippen LogP contribution in [-0.4, -0.2) is 42.0 Å². The molecular weight excluding hydrogens is 292 g/mol. The van der Waals surface area contributed by atoms with Crippen LogP contribution in [0.15, 0.2) is 6.20 Å². The van der Waals surface area contributed by atoms with Crippen molar-refractivity contribution >= 4 is 15.9 Å². The highest BCUT2D eigenvalue weighted by molar-refractivity contribution is 7.88. The van der Waals surface area contributed by atoms with Crippen LogP contribution in [0.1, 0.15) is 42.9 Å². The third-order valence-electron chi connectivity index (χ3n) is 3.52. The Morgan fingerprint density at radius 2 is 2.24 bits per heavy atom. The van der Waals surface area contributed by atoms with Gasteiger partial charge in [0.2, 0.25) is 15.9 Å². The summed E-state index contributed by atoms with van der Waals surface area (Å²) in [4.78, 5) is 22.1. The van der Waals surface area contributed by atoms with Gasteiger partial charge in [-0.15, -0.1) is 0 Å². The summed E-state index contributed by atoms with van der Waals surface area (Å²) in [6, 6.07) is -0.0967. The van der Waals surface area contributed by atoms with E-state index in [1.165, 1.54) is 0 Å². The quantitative estimate of drug-likeness (QED) is 0.875. The molecule has 1 aromatic rings. The second-order valence-corrected chi connectivity index (χ2v) is 7.12. The molecule has 0 aliphatic carbocycles. The number of rotatable bonds is 4. The van der Waals surface area contributed by atoms with E-state index in [1.807, 2.05) is 0 Å². The molecule has 1 aromatic heterocycles. The molecule has 1 fully saturated rings. The summed E-state index contributed by atoms with van der Waals surface area (Å²) in [5.41, 5.74) is 1.45. The van der Waals surface area contributed by atoms with Gasteiger partial charge in [0.25, 0.3) is 0 Å². The van der Waals surface area contributed by atoms with Crippen LogP contribution < -0.4 is 4.72 Å². The third kappa shape index (κ3) is 3.98. The molecule has 1 aliphatic rings. The molecule has 0 spiro atoms. The van der Waals surface area contributed by atoms with E-state index in [4.69, 9.17) is 0 Å². The fourth-order valence-corrected chi connectivity index (χ4v) is 2.99. The Morgan fingerprint density at radius 1 is 1.52 bits per heavy atom. The molecule has 1 amide bonds. The molecule has 116 valence electrons. The Balaban J connectivity index is 2.33. The molecule has 0 bridgehead atoms. The van der Waals surface area contributed by atoms with Gasteiger partial charge < -0.3 is 4.90 Å². The average molecular weight is 312 g/mol. The highest BCUT2D eigenvalue weighted by Crippen LogP contribution is 2.32. The zero-order valence-corrected chi connectivity index (χ0v) is 13.3. The monoisotopic (exact) mass is 312 g/mol. The van der Waals surface area contributed by atoms with Crippen molar-refractivity contribution in [3.8, 4) is 0 Å². The van der Waals surface area contributed by atoms with Crippen molar-refractivity contribution < 1.29 is 13.2 Å². The molecule has 8 heteroatoms. The van der Waals surface area contributed by atoms with Gasteiger partial charge in [-0.3, -0.25) is 4.79 Å². The van der Waals surface area contributed by atoms with Gasteiger partial charge in [-0.1, -0.05) is 0 Å². The minimum Gasteiger partial charge on any atom is -0.334 e. The molecular formula is C13H20N4O3S. The summed E-state index contributed by atoms with van der Waals surface area (Å²) in [6.45, 7) is 4.17. The van der Waals surface area contributed by atoms with Crippen LogP contribution in [0.2, 0.25) is 0 Å². The molecule has 21 heavy (non-hydrogen) atoms. The number of carbonyl (C=O) groups is 1. The van der Waals surface area contributed by atoms with E-state index in [9.17, 15) is 13.2 Å². The second kappa shape index (κ2) is 6.07. The standard InChI is InChI=1S/C13H20N4O3S/c1-9-14-7-11(8-15-21(3,19)20)13(16-9)12-5-4-6-17(12)10(2)18/h7,12,15H,4-6,8H2,1-3H3. The van der Waals surface area contributed by atoms with Gasteiger partial charge in [-0.2, -0.15) is 0 Å². The fourth-order valence-electron chi connectivity index (χ4n) is 2.57. The number of aromatic nitrogens is 2. The van der Waals surface area contributed by atoms with Crippen LogP contribution in [0.5, 0.6) is 0 Å². The molecule has 1 saturated heterocycles. The van der Waals surface area contributed by atoms with Crippen LogP contribution in [0, 0.1) is 6.92 Å². The van der Waals surface area contributed by atoms with Crippen molar-refractivity contribution in [3.63, 3.8) is 0 Å². The third-order valence-corrected chi connectivity index (χ3v) is 4.18. The van der Waals surface area contributed by atoms with E-state index in [-0.39, 0.29) is 18.5 Å². The number of nitrogens with zero attached hydrogens (tertiary/aromatic N) is 3. The number of hydrogen-bond donors (Lipinski definition) is 1. The summed E-state index contributed by atoms with van der Waals surface area (Å²) in [7, 11) is -3.29. The lowest BCUT2D eigenvalue weighted by Gasteiger charge is -2.24. The fraction of sp³-hybridized carbons (Fsp3) is 0.615. The minimum absolute atomic E-state index is 0.00999. The van der Waals surface area contributed by atoms with Gasteiger partial charge >= 0.3 is 0 Å². The van der Waals surface area contributed by atoms with Crippen LogP contribution in [0.3, 0.4) is 0 Å². The van der Waals surface area contributed by atoms with Gasteiger partial charge in [-0.25, -0.2) is 23.1 Å². The number of carbonyl (C=O) groups excluding carboxylic acids is 1. The Labute approximate surface area is 124 Å². The molecule has 1 N–H and O–H groups in total. The molecule has 1 aliphatic heterocycles. The van der Waals surface area contributed by atoms with Gasteiger partial charge in [0, 0.05) is 31.8 Å². The van der Waals surface area contributed by atoms with Gasteiger partial charge in [-0.05, 0) is 19.8 Å². The molecule has 2 rings (SSSR count). The summed E-state index contributed by atoms with van der Waals surface area (Å²) >= 11 is 0. The predicted molar refractivity (Wildman–Crippen MR) is 77.8 cm³/mol. The van der Waals surface area contributed by atoms with Crippen molar-refractivity contribution in [1.82, 2.24) is 19.6 Å². The van der Waals surface area contributed by atoms with Crippen LogP contribution >= 0.6 is 0 Å².